The first kappa shape index (κ1) is 47.9. The average Bonchev–Trinajstić information content (AvgIpc) is 3.68. The molecular formula is C30H49N9O15S. The normalized spacial score (nSPS) is 17.4. The summed E-state index contributed by atoms with van der Waals surface area (Å²) in [6.45, 7) is -1.38. The van der Waals surface area contributed by atoms with E-state index in [0.29, 0.717) is 19.4 Å². The fourth-order valence-corrected chi connectivity index (χ4v) is 5.04. The van der Waals surface area contributed by atoms with E-state index in [9.17, 15) is 63.3 Å². The number of hydrogen-bond donors (Lipinski definition) is 15. The van der Waals surface area contributed by atoms with E-state index in [2.05, 4.69) is 55.2 Å². The van der Waals surface area contributed by atoms with Crippen molar-refractivity contribution in [3.63, 3.8) is 0 Å². The van der Waals surface area contributed by atoms with Crippen molar-refractivity contribution in [2.45, 2.75) is 93.8 Å². The molecule has 310 valence electrons. The Labute approximate surface area is 319 Å². The highest BCUT2D eigenvalue weighted by molar-refractivity contribution is 7.80. The number of thiol groups is 1. The second-order valence-electron chi connectivity index (χ2n) is 12.3. The number of aliphatic carboxylic acids is 2. The summed E-state index contributed by atoms with van der Waals surface area (Å²) in [4.78, 5) is 124. The van der Waals surface area contributed by atoms with Crippen LogP contribution in [0.2, 0.25) is 0 Å². The Bertz CT molecular complexity index is 1420. The van der Waals surface area contributed by atoms with E-state index < -0.39 is 159 Å². The minimum atomic E-state index is -1.84. The van der Waals surface area contributed by atoms with E-state index >= 15 is 0 Å². The smallest absolute Gasteiger partial charge is 0.325 e. The van der Waals surface area contributed by atoms with E-state index in [0.717, 1.165) is 6.92 Å². The predicted octanol–water partition coefficient (Wildman–Crippen LogP) is -7.73. The monoisotopic (exact) mass is 807 g/mol. The number of carboxylic acid groups (broad SMARTS) is 2. The molecule has 24 nitrogen and oxygen atoms in total. The van der Waals surface area contributed by atoms with Crippen LogP contribution in [0.25, 0.3) is 0 Å². The number of carbonyl (C=O) groups is 10. The van der Waals surface area contributed by atoms with Crippen LogP contribution in [0, 0.1) is 0 Å². The lowest BCUT2D eigenvalue weighted by molar-refractivity contribution is -0.142. The molecule has 0 radical (unpaired) electrons. The predicted molar refractivity (Wildman–Crippen MR) is 188 cm³/mol. The molecule has 0 aromatic heterocycles. The maximum Gasteiger partial charge on any atom is 0.325 e. The Hall–Kier alpha value is -5.11. The molecule has 0 aromatic carbocycles. The topological polar surface area (TPSA) is 394 Å². The van der Waals surface area contributed by atoms with Gasteiger partial charge < -0.3 is 73.8 Å². The van der Waals surface area contributed by atoms with Crippen LogP contribution in [0.1, 0.15) is 45.4 Å². The molecule has 8 amide bonds. The number of rotatable bonds is 25. The number of nitrogens with two attached hydrogens (primary N) is 1. The standard InChI is InChI=1S/C30H49N9O15S/c1-13(30(53)54)33-24(47)16(5-7-22(44)45)35-29(52)20(12-55)39-28(51)19(11-42)38-27(50)18(10-41)37-25(48)15(4-6-21(31)43)34-26(49)17(9-40)36-23(46)14-3-2-8-32-14/h13-20,32,40-42,55H,2-12H2,1H3,(H2,31,43)(H,33,47)(H,34,49)(H,35,52)(H,36,46)(H,37,48)(H,38,50)(H,39,51)(H,44,45)(H,53,54)/t13-,14-,15-,16-,17-,18-,19-,20-/m0/s1. The first-order valence-electron chi connectivity index (χ1n) is 16.9. The molecule has 0 saturated carbocycles. The number of nitrogens with one attached hydrogen (secondary N) is 8. The number of aliphatic hydroxyl groups is 3. The van der Waals surface area contributed by atoms with Crippen LogP contribution in [0.3, 0.4) is 0 Å². The third kappa shape index (κ3) is 16.8. The van der Waals surface area contributed by atoms with Crippen LogP contribution < -0.4 is 48.3 Å². The van der Waals surface area contributed by atoms with Gasteiger partial charge in [-0.1, -0.05) is 0 Å². The number of hydrogen-bond acceptors (Lipinski definition) is 15. The van der Waals surface area contributed by atoms with Crippen molar-refractivity contribution >= 4 is 71.8 Å². The third-order valence-electron chi connectivity index (χ3n) is 7.96. The number of primary amides is 1. The fraction of sp³-hybridized carbons (Fsp3) is 0.667. The van der Waals surface area contributed by atoms with Gasteiger partial charge in [-0.25, -0.2) is 0 Å². The summed E-state index contributed by atoms with van der Waals surface area (Å²) in [7, 11) is 0. The van der Waals surface area contributed by atoms with Crippen molar-refractivity contribution in [1.29, 1.82) is 0 Å². The van der Waals surface area contributed by atoms with Crippen LogP contribution in [-0.2, 0) is 47.9 Å². The second kappa shape index (κ2) is 24.3. The van der Waals surface area contributed by atoms with Crippen LogP contribution in [0.4, 0.5) is 0 Å². The zero-order chi connectivity index (χ0) is 41.8. The van der Waals surface area contributed by atoms with Crippen molar-refractivity contribution in [2.75, 3.05) is 32.1 Å². The van der Waals surface area contributed by atoms with Gasteiger partial charge >= 0.3 is 11.9 Å². The van der Waals surface area contributed by atoms with Gasteiger partial charge in [0.2, 0.25) is 47.3 Å². The van der Waals surface area contributed by atoms with E-state index in [1.165, 1.54) is 0 Å². The largest absolute Gasteiger partial charge is 0.481 e. The molecule has 0 unspecified atom stereocenters. The first-order chi connectivity index (χ1) is 25.9. The SMILES string of the molecule is C[C@H](NC(=O)[C@H](CCC(=O)O)NC(=O)[C@H](CS)NC(=O)[C@H](CO)NC(=O)[C@H](CO)NC(=O)[C@H](CCC(N)=O)NC(=O)[C@H](CO)NC(=O)[C@@H]1CCCN1)C(=O)O. The van der Waals surface area contributed by atoms with Gasteiger partial charge in [-0.2, -0.15) is 12.6 Å². The minimum absolute atomic E-state index is 0.421. The lowest BCUT2D eigenvalue weighted by atomic mass is 10.1. The first-order valence-corrected chi connectivity index (χ1v) is 17.5. The summed E-state index contributed by atoms with van der Waals surface area (Å²) in [5.41, 5.74) is 5.18. The maximum atomic E-state index is 13.2. The molecule has 55 heavy (non-hydrogen) atoms. The molecule has 0 spiro atoms. The molecule has 1 aliphatic rings. The molecule has 1 saturated heterocycles. The van der Waals surface area contributed by atoms with Gasteiger partial charge in [-0.3, -0.25) is 47.9 Å². The highest BCUT2D eigenvalue weighted by Crippen LogP contribution is 2.06. The van der Waals surface area contributed by atoms with Gasteiger partial charge in [0.25, 0.3) is 0 Å². The molecule has 1 fully saturated rings. The summed E-state index contributed by atoms with van der Waals surface area (Å²) in [6, 6.07) is -11.9. The Kier molecular flexibility index (Phi) is 21.2. The molecule has 15 N–H and O–H groups in total. The summed E-state index contributed by atoms with van der Waals surface area (Å²) >= 11 is 3.98. The lowest BCUT2D eigenvalue weighted by Gasteiger charge is -2.26. The quantitative estimate of drug-likeness (QED) is 0.0381. The number of carbonyl (C=O) groups excluding carboxylic acids is 8. The van der Waals surface area contributed by atoms with Crippen LogP contribution in [-0.4, -0.2) is 165 Å². The minimum Gasteiger partial charge on any atom is -0.481 e. The van der Waals surface area contributed by atoms with Gasteiger partial charge in [0.15, 0.2) is 0 Å². The number of aliphatic hydroxyl groups excluding tert-OH is 3. The van der Waals surface area contributed by atoms with Gasteiger partial charge in [-0.15, -0.1) is 0 Å². The molecule has 1 aliphatic heterocycles. The zero-order valence-corrected chi connectivity index (χ0v) is 30.6. The van der Waals surface area contributed by atoms with E-state index in [1.807, 2.05) is 0 Å². The van der Waals surface area contributed by atoms with Crippen molar-refractivity contribution in [2.24, 2.45) is 5.73 Å². The lowest BCUT2D eigenvalue weighted by Crippen LogP contribution is -2.61. The Morgan fingerprint density at radius 3 is 1.44 bits per heavy atom. The fourth-order valence-electron chi connectivity index (χ4n) is 4.79. The molecule has 8 atom stereocenters. The molecule has 25 heteroatoms. The van der Waals surface area contributed by atoms with Crippen LogP contribution >= 0.6 is 12.6 Å². The number of amides is 8. The summed E-state index contributed by atoms with van der Waals surface area (Å²) in [6.07, 6.45) is -0.767. The van der Waals surface area contributed by atoms with Gasteiger partial charge in [-0.05, 0) is 39.2 Å². The molecule has 0 bridgehead atoms. The van der Waals surface area contributed by atoms with Crippen molar-refractivity contribution < 1.29 is 73.5 Å². The molecular weight excluding hydrogens is 758 g/mol. The highest BCUT2D eigenvalue weighted by atomic mass is 32.1. The second-order valence-corrected chi connectivity index (χ2v) is 12.6. The highest BCUT2D eigenvalue weighted by Gasteiger charge is 2.34. The number of carboxylic acids is 2. The Morgan fingerprint density at radius 1 is 0.636 bits per heavy atom. The summed E-state index contributed by atoms with van der Waals surface area (Å²) in [5, 5.41) is 65.6. The van der Waals surface area contributed by atoms with E-state index in [1.54, 1.807) is 0 Å². The molecule has 0 aromatic rings. The summed E-state index contributed by atoms with van der Waals surface area (Å²) in [5.74, 6) is -11.4. The maximum absolute atomic E-state index is 13.2. The Morgan fingerprint density at radius 2 is 1.04 bits per heavy atom. The third-order valence-corrected chi connectivity index (χ3v) is 8.33. The molecule has 0 aliphatic carbocycles. The van der Waals surface area contributed by atoms with Gasteiger partial charge in [0.05, 0.1) is 25.9 Å². The average molecular weight is 808 g/mol. The van der Waals surface area contributed by atoms with Crippen molar-refractivity contribution in [1.82, 2.24) is 42.5 Å². The van der Waals surface area contributed by atoms with Crippen LogP contribution in [0.15, 0.2) is 0 Å². The van der Waals surface area contributed by atoms with E-state index in [-0.39, 0.29) is 0 Å². The van der Waals surface area contributed by atoms with Gasteiger partial charge in [0, 0.05) is 18.6 Å². The molecule has 1 rings (SSSR count). The van der Waals surface area contributed by atoms with Gasteiger partial charge in [0.1, 0.15) is 42.3 Å². The van der Waals surface area contributed by atoms with Crippen LogP contribution in [0.5, 0.6) is 0 Å². The van der Waals surface area contributed by atoms with Crippen molar-refractivity contribution in [3.05, 3.63) is 0 Å². The Balaban J connectivity index is 3.00. The summed E-state index contributed by atoms with van der Waals surface area (Å²) < 4.78 is 0. The zero-order valence-electron chi connectivity index (χ0n) is 29.7. The van der Waals surface area contributed by atoms with E-state index in [4.69, 9.17) is 15.9 Å². The molecule has 1 heterocycles. The van der Waals surface area contributed by atoms with Crippen molar-refractivity contribution in [3.8, 4) is 0 Å².